The Balaban J connectivity index is 2.63. The molecule has 0 atom stereocenters. The topological polar surface area (TPSA) is 74.5 Å². The van der Waals surface area contributed by atoms with E-state index in [1.54, 1.807) is 6.07 Å². The fraction of sp³-hybridized carbons (Fsp3) is 0.308. The molecule has 0 saturated heterocycles. The molecular weight excluding hydrogens is 228 g/mol. The van der Waals surface area contributed by atoms with Gasteiger partial charge in [-0.3, -0.25) is 9.48 Å². The van der Waals surface area contributed by atoms with Crippen LogP contribution in [0.5, 0.6) is 0 Å². The maximum Gasteiger partial charge on any atom is 0.266 e. The molecule has 0 aliphatic rings. The standard InChI is InChI=1S/C13H14N4O/c1-4-17-9(3)12(8(2)16-17)11-6-5-10(7-14)13(18)15-11/h5-6H,4H2,1-3H3,(H,15,18). The molecule has 0 fully saturated rings. The molecule has 0 aliphatic heterocycles. The second-order valence-corrected chi connectivity index (χ2v) is 4.09. The minimum Gasteiger partial charge on any atom is -0.321 e. The number of nitrogens with one attached hydrogen (secondary N) is 1. The molecule has 0 aliphatic carbocycles. The lowest BCUT2D eigenvalue weighted by molar-refractivity contribution is 0.634. The van der Waals surface area contributed by atoms with E-state index >= 15 is 0 Å². The van der Waals surface area contributed by atoms with Crippen LogP contribution in [0.1, 0.15) is 23.9 Å². The van der Waals surface area contributed by atoms with Gasteiger partial charge in [-0.2, -0.15) is 10.4 Å². The van der Waals surface area contributed by atoms with Gasteiger partial charge in [-0.15, -0.1) is 0 Å². The van der Waals surface area contributed by atoms with Crippen LogP contribution in [-0.4, -0.2) is 14.8 Å². The van der Waals surface area contributed by atoms with Gasteiger partial charge in [0, 0.05) is 17.8 Å². The SMILES string of the molecule is CCn1nc(C)c(-c2ccc(C#N)c(=O)[nH]2)c1C. The molecule has 0 saturated carbocycles. The van der Waals surface area contributed by atoms with Crippen molar-refractivity contribution in [3.63, 3.8) is 0 Å². The van der Waals surface area contributed by atoms with E-state index in [-0.39, 0.29) is 11.1 Å². The smallest absolute Gasteiger partial charge is 0.266 e. The number of H-pyrrole nitrogens is 1. The van der Waals surface area contributed by atoms with Crippen LogP contribution in [0.4, 0.5) is 0 Å². The maximum absolute atomic E-state index is 11.6. The summed E-state index contributed by atoms with van der Waals surface area (Å²) in [7, 11) is 0. The van der Waals surface area contributed by atoms with Crippen LogP contribution in [0.25, 0.3) is 11.3 Å². The number of rotatable bonds is 2. The van der Waals surface area contributed by atoms with Crippen LogP contribution in [-0.2, 0) is 6.54 Å². The quantitative estimate of drug-likeness (QED) is 0.871. The van der Waals surface area contributed by atoms with Crippen molar-refractivity contribution in [3.05, 3.63) is 39.4 Å². The first-order valence-corrected chi connectivity index (χ1v) is 5.76. The predicted molar refractivity (Wildman–Crippen MR) is 68.1 cm³/mol. The molecule has 0 spiro atoms. The summed E-state index contributed by atoms with van der Waals surface area (Å²) in [6.45, 7) is 6.68. The van der Waals surface area contributed by atoms with Crippen molar-refractivity contribution in [1.29, 1.82) is 5.26 Å². The maximum atomic E-state index is 11.6. The van der Waals surface area contributed by atoms with Crippen molar-refractivity contribution in [2.45, 2.75) is 27.3 Å². The minimum absolute atomic E-state index is 0.122. The number of hydrogen-bond acceptors (Lipinski definition) is 3. The van der Waals surface area contributed by atoms with E-state index in [1.165, 1.54) is 6.07 Å². The molecule has 2 rings (SSSR count). The summed E-state index contributed by atoms with van der Waals surface area (Å²) in [4.78, 5) is 14.4. The monoisotopic (exact) mass is 242 g/mol. The van der Waals surface area contributed by atoms with E-state index in [2.05, 4.69) is 10.1 Å². The van der Waals surface area contributed by atoms with E-state index in [4.69, 9.17) is 5.26 Å². The predicted octanol–water partition coefficient (Wildman–Crippen LogP) is 1.75. The van der Waals surface area contributed by atoms with Crippen molar-refractivity contribution in [3.8, 4) is 17.3 Å². The molecule has 0 aromatic carbocycles. The molecule has 0 amide bonds. The highest BCUT2D eigenvalue weighted by molar-refractivity contribution is 5.65. The zero-order valence-electron chi connectivity index (χ0n) is 10.6. The van der Waals surface area contributed by atoms with Gasteiger partial charge in [0.2, 0.25) is 0 Å². The normalized spacial score (nSPS) is 10.3. The summed E-state index contributed by atoms with van der Waals surface area (Å²) in [5.74, 6) is 0. The molecule has 1 N–H and O–H groups in total. The van der Waals surface area contributed by atoms with Crippen LogP contribution in [0.15, 0.2) is 16.9 Å². The third kappa shape index (κ3) is 1.82. The number of aromatic amines is 1. The Morgan fingerprint density at radius 1 is 1.44 bits per heavy atom. The molecule has 5 nitrogen and oxygen atoms in total. The highest BCUT2D eigenvalue weighted by atomic mass is 16.1. The Morgan fingerprint density at radius 3 is 2.67 bits per heavy atom. The van der Waals surface area contributed by atoms with E-state index in [9.17, 15) is 4.79 Å². The third-order valence-corrected chi connectivity index (χ3v) is 2.98. The first-order valence-electron chi connectivity index (χ1n) is 5.76. The Labute approximate surface area is 105 Å². The van der Waals surface area contributed by atoms with Crippen LogP contribution in [0.2, 0.25) is 0 Å². The fourth-order valence-electron chi connectivity index (χ4n) is 2.10. The molecule has 18 heavy (non-hydrogen) atoms. The van der Waals surface area contributed by atoms with E-state index < -0.39 is 0 Å². The summed E-state index contributed by atoms with van der Waals surface area (Å²) < 4.78 is 1.89. The molecular formula is C13H14N4O. The van der Waals surface area contributed by atoms with Gasteiger partial charge in [0.05, 0.1) is 11.4 Å². The van der Waals surface area contributed by atoms with Crippen molar-refractivity contribution in [2.24, 2.45) is 0 Å². The first kappa shape index (κ1) is 12.1. The minimum atomic E-state index is -0.363. The number of hydrogen-bond donors (Lipinski definition) is 1. The number of pyridine rings is 1. The lowest BCUT2D eigenvalue weighted by Gasteiger charge is -2.03. The van der Waals surface area contributed by atoms with Gasteiger partial charge in [-0.1, -0.05) is 0 Å². The van der Waals surface area contributed by atoms with Crippen molar-refractivity contribution in [1.82, 2.24) is 14.8 Å². The van der Waals surface area contributed by atoms with Gasteiger partial charge < -0.3 is 4.98 Å². The summed E-state index contributed by atoms with van der Waals surface area (Å²) >= 11 is 0. The highest BCUT2D eigenvalue weighted by Crippen LogP contribution is 2.24. The van der Waals surface area contributed by atoms with Gasteiger partial charge in [-0.25, -0.2) is 0 Å². The number of aryl methyl sites for hydroxylation is 2. The number of nitriles is 1. The molecule has 5 heteroatoms. The summed E-state index contributed by atoms with van der Waals surface area (Å²) in [5.41, 5.74) is 3.27. The van der Waals surface area contributed by atoms with Crippen molar-refractivity contribution in [2.75, 3.05) is 0 Å². The largest absolute Gasteiger partial charge is 0.321 e. The Morgan fingerprint density at radius 2 is 2.17 bits per heavy atom. The van der Waals surface area contributed by atoms with Crippen LogP contribution in [0, 0.1) is 25.2 Å². The van der Waals surface area contributed by atoms with Gasteiger partial charge in [-0.05, 0) is 32.9 Å². The van der Waals surface area contributed by atoms with Crippen molar-refractivity contribution < 1.29 is 0 Å². The third-order valence-electron chi connectivity index (χ3n) is 2.98. The Bertz CT molecular complexity index is 688. The average Bonchev–Trinajstić information content (AvgIpc) is 2.64. The van der Waals surface area contributed by atoms with Gasteiger partial charge >= 0.3 is 0 Å². The van der Waals surface area contributed by atoms with E-state index in [0.29, 0.717) is 5.69 Å². The number of nitrogens with zero attached hydrogens (tertiary/aromatic N) is 3. The zero-order valence-corrected chi connectivity index (χ0v) is 10.6. The fourth-order valence-corrected chi connectivity index (χ4v) is 2.10. The van der Waals surface area contributed by atoms with Gasteiger partial charge in [0.25, 0.3) is 5.56 Å². The molecule has 0 bridgehead atoms. The second kappa shape index (κ2) is 4.49. The molecule has 2 aromatic rings. The summed E-state index contributed by atoms with van der Waals surface area (Å²) in [5, 5.41) is 13.2. The molecule has 0 unspecified atom stereocenters. The summed E-state index contributed by atoms with van der Waals surface area (Å²) in [6, 6.07) is 5.14. The molecule has 2 aromatic heterocycles. The Hall–Kier alpha value is -2.35. The molecule has 2 heterocycles. The number of aromatic nitrogens is 3. The second-order valence-electron chi connectivity index (χ2n) is 4.09. The van der Waals surface area contributed by atoms with Gasteiger partial charge in [0.1, 0.15) is 11.6 Å². The van der Waals surface area contributed by atoms with E-state index in [0.717, 1.165) is 23.5 Å². The lowest BCUT2D eigenvalue weighted by Crippen LogP contribution is -2.10. The lowest BCUT2D eigenvalue weighted by atomic mass is 10.1. The van der Waals surface area contributed by atoms with Crippen LogP contribution >= 0.6 is 0 Å². The molecule has 0 radical (unpaired) electrons. The van der Waals surface area contributed by atoms with Gasteiger partial charge in [0.15, 0.2) is 0 Å². The highest BCUT2D eigenvalue weighted by Gasteiger charge is 2.13. The zero-order chi connectivity index (χ0) is 13.3. The van der Waals surface area contributed by atoms with Crippen LogP contribution in [0.3, 0.4) is 0 Å². The van der Waals surface area contributed by atoms with Crippen LogP contribution < -0.4 is 5.56 Å². The Kier molecular flexibility index (Phi) is 3.02. The van der Waals surface area contributed by atoms with E-state index in [1.807, 2.05) is 31.5 Å². The van der Waals surface area contributed by atoms with Crippen molar-refractivity contribution >= 4 is 0 Å². The summed E-state index contributed by atoms with van der Waals surface area (Å²) in [6.07, 6.45) is 0. The molecule has 92 valence electrons. The average molecular weight is 242 g/mol. The first-order chi connectivity index (χ1) is 8.58.